The maximum absolute atomic E-state index is 14.3. The molecular formula is C32H32N4O3. The number of aromatic nitrogens is 1. The molecule has 7 heteroatoms. The number of rotatable bonds is 2. The van der Waals surface area contributed by atoms with Gasteiger partial charge in [0.2, 0.25) is 0 Å². The van der Waals surface area contributed by atoms with Crippen molar-refractivity contribution in [2.24, 2.45) is 0 Å². The fraction of sp³-hybridized carbons (Fsp3) is 0.312. The summed E-state index contributed by atoms with van der Waals surface area (Å²) in [7, 11) is 0. The van der Waals surface area contributed by atoms with Crippen LogP contribution in [0.5, 0.6) is 0 Å². The van der Waals surface area contributed by atoms with E-state index in [2.05, 4.69) is 44.1 Å². The molecule has 0 saturated carbocycles. The van der Waals surface area contributed by atoms with E-state index < -0.39 is 23.2 Å². The first-order valence-electron chi connectivity index (χ1n) is 13.5. The van der Waals surface area contributed by atoms with Crippen molar-refractivity contribution in [3.05, 3.63) is 94.5 Å². The Hall–Kier alpha value is -4.10. The van der Waals surface area contributed by atoms with Crippen LogP contribution in [0.2, 0.25) is 0 Å². The number of hydrogen-bond acceptors (Lipinski definition) is 4. The number of carbonyl (C=O) groups is 2. The van der Waals surface area contributed by atoms with Crippen LogP contribution in [-0.4, -0.2) is 43.9 Å². The number of amides is 2. The second-order valence-electron chi connectivity index (χ2n) is 12.0. The van der Waals surface area contributed by atoms with E-state index in [1.165, 1.54) is 10.5 Å². The summed E-state index contributed by atoms with van der Waals surface area (Å²) in [6.07, 6.45) is 7.84. The SMILES string of the molecule is CC(C)=CCc1cccc2c1N[C@@H]1N3C(=O)/C4=C/c5c([nH]c6ccccc56)C(C)(C)/C=C\N4C(=O)[C@@H]3C[C@]21O. The van der Waals surface area contributed by atoms with Crippen molar-refractivity contribution in [1.82, 2.24) is 14.8 Å². The molecular weight excluding hydrogens is 488 g/mol. The van der Waals surface area contributed by atoms with Crippen molar-refractivity contribution in [2.45, 2.75) is 63.8 Å². The van der Waals surface area contributed by atoms with E-state index in [-0.39, 0.29) is 18.2 Å². The molecule has 3 aromatic rings. The van der Waals surface area contributed by atoms with E-state index >= 15 is 0 Å². The average molecular weight is 521 g/mol. The molecule has 4 aliphatic rings. The Balaban J connectivity index is 1.35. The minimum absolute atomic E-state index is 0.147. The number of H-pyrrole nitrogens is 1. The summed E-state index contributed by atoms with van der Waals surface area (Å²) < 4.78 is 0. The summed E-state index contributed by atoms with van der Waals surface area (Å²) in [4.78, 5) is 34.9. The lowest BCUT2D eigenvalue weighted by Crippen LogP contribution is -2.58. The van der Waals surface area contributed by atoms with Gasteiger partial charge in [0.25, 0.3) is 11.8 Å². The molecule has 0 spiro atoms. The van der Waals surface area contributed by atoms with Gasteiger partial charge in [-0.2, -0.15) is 0 Å². The number of nitrogens with zero attached hydrogens (tertiary/aromatic N) is 2. The Morgan fingerprint density at radius 3 is 2.72 bits per heavy atom. The van der Waals surface area contributed by atoms with Crippen molar-refractivity contribution in [3.8, 4) is 0 Å². The zero-order valence-electron chi connectivity index (χ0n) is 22.6. The van der Waals surface area contributed by atoms with Crippen LogP contribution in [0, 0.1) is 0 Å². The molecule has 1 aromatic heterocycles. The Kier molecular flexibility index (Phi) is 4.89. The highest BCUT2D eigenvalue weighted by atomic mass is 16.3. The minimum Gasteiger partial charge on any atom is -0.381 e. The number of piperazine rings is 1. The second-order valence-corrected chi connectivity index (χ2v) is 12.0. The summed E-state index contributed by atoms with van der Waals surface area (Å²) in [5.41, 5.74) is 5.29. The predicted octanol–water partition coefficient (Wildman–Crippen LogP) is 4.90. The van der Waals surface area contributed by atoms with E-state index in [1.807, 2.05) is 54.6 Å². The minimum atomic E-state index is -1.36. The van der Waals surface area contributed by atoms with Gasteiger partial charge in [0.15, 0.2) is 0 Å². The van der Waals surface area contributed by atoms with Crippen molar-refractivity contribution in [1.29, 1.82) is 0 Å². The number of allylic oxidation sites excluding steroid dienone is 3. The first-order chi connectivity index (χ1) is 18.6. The first-order valence-corrected chi connectivity index (χ1v) is 13.5. The van der Waals surface area contributed by atoms with Crippen LogP contribution < -0.4 is 5.32 Å². The quantitative estimate of drug-likeness (QED) is 0.419. The molecule has 7 rings (SSSR count). The Morgan fingerprint density at radius 1 is 1.13 bits per heavy atom. The highest BCUT2D eigenvalue weighted by molar-refractivity contribution is 6.10. The highest BCUT2D eigenvalue weighted by Crippen LogP contribution is 2.52. The number of benzene rings is 2. The van der Waals surface area contributed by atoms with Gasteiger partial charge in [0, 0.05) is 51.4 Å². The van der Waals surface area contributed by atoms with Gasteiger partial charge in [-0.25, -0.2) is 0 Å². The molecule has 4 aliphatic heterocycles. The molecule has 39 heavy (non-hydrogen) atoms. The van der Waals surface area contributed by atoms with Gasteiger partial charge >= 0.3 is 0 Å². The monoisotopic (exact) mass is 520 g/mol. The lowest BCUT2D eigenvalue weighted by molar-refractivity contribution is -0.148. The van der Waals surface area contributed by atoms with Gasteiger partial charge in [-0.05, 0) is 38.0 Å². The van der Waals surface area contributed by atoms with Crippen molar-refractivity contribution >= 4 is 34.5 Å². The number of carbonyl (C=O) groups excluding carboxylic acids is 2. The molecule has 0 unspecified atom stereocenters. The summed E-state index contributed by atoms with van der Waals surface area (Å²) in [6.45, 7) is 8.31. The number of aliphatic hydroxyl groups is 1. The van der Waals surface area contributed by atoms with Gasteiger partial charge in [-0.3, -0.25) is 14.5 Å². The Morgan fingerprint density at radius 2 is 1.92 bits per heavy atom. The maximum Gasteiger partial charge on any atom is 0.273 e. The number of anilines is 1. The summed E-state index contributed by atoms with van der Waals surface area (Å²) in [6, 6.07) is 13.1. The van der Waals surface area contributed by atoms with E-state index in [9.17, 15) is 14.7 Å². The van der Waals surface area contributed by atoms with Crippen LogP contribution in [0.4, 0.5) is 5.69 Å². The molecule has 2 aromatic carbocycles. The maximum atomic E-state index is 14.3. The van der Waals surface area contributed by atoms with Crippen molar-refractivity contribution in [2.75, 3.05) is 5.32 Å². The fourth-order valence-corrected chi connectivity index (χ4v) is 6.68. The largest absolute Gasteiger partial charge is 0.381 e. The number of nitrogens with one attached hydrogen (secondary N) is 2. The van der Waals surface area contributed by atoms with Crippen LogP contribution in [0.1, 0.15) is 56.5 Å². The van der Waals surface area contributed by atoms with Crippen molar-refractivity contribution < 1.29 is 14.7 Å². The van der Waals surface area contributed by atoms with E-state index in [0.717, 1.165) is 45.4 Å². The van der Waals surface area contributed by atoms with Gasteiger partial charge in [-0.15, -0.1) is 0 Å². The summed E-state index contributed by atoms with van der Waals surface area (Å²) in [5.74, 6) is -0.477. The lowest BCUT2D eigenvalue weighted by Gasteiger charge is -2.40. The van der Waals surface area contributed by atoms with Crippen LogP contribution in [-0.2, 0) is 27.0 Å². The molecule has 3 atom stereocenters. The average Bonchev–Trinajstić information content (AvgIpc) is 3.51. The molecule has 0 aliphatic carbocycles. The van der Waals surface area contributed by atoms with E-state index in [1.54, 1.807) is 11.1 Å². The van der Waals surface area contributed by atoms with Gasteiger partial charge < -0.3 is 20.3 Å². The van der Waals surface area contributed by atoms with Crippen LogP contribution in [0.15, 0.2) is 72.1 Å². The molecule has 3 N–H and O–H groups in total. The molecule has 5 heterocycles. The molecule has 2 saturated heterocycles. The standard InChI is InChI=1S/C32H32N4O3/c1-18(2)12-13-19-8-7-10-22-26(19)34-30-32(22,39)17-25-28(37)35-15-14-31(3,4)27-21(16-24(35)29(38)36(25)30)20-9-5-6-11-23(20)33-27/h5-12,14-16,25,30,33-34,39H,13,17H2,1-4H3/b15-14-,24-16-/t25-,30+,32-/m0/s1. The summed E-state index contributed by atoms with van der Waals surface area (Å²) >= 11 is 0. The molecule has 2 amide bonds. The molecule has 198 valence electrons. The highest BCUT2D eigenvalue weighted by Gasteiger charge is 2.63. The topological polar surface area (TPSA) is 88.7 Å². The van der Waals surface area contributed by atoms with Gasteiger partial charge in [0.05, 0.1) is 0 Å². The lowest BCUT2D eigenvalue weighted by atomic mass is 9.85. The molecule has 7 nitrogen and oxygen atoms in total. The normalized spacial score (nSPS) is 28.3. The Labute approximate surface area is 227 Å². The smallest absolute Gasteiger partial charge is 0.273 e. The number of aromatic amines is 1. The third-order valence-electron chi connectivity index (χ3n) is 8.75. The Bertz CT molecular complexity index is 1670. The van der Waals surface area contributed by atoms with Crippen molar-refractivity contribution in [3.63, 3.8) is 0 Å². The number of fused-ring (bicyclic) bond motifs is 9. The van der Waals surface area contributed by atoms with Crippen LogP contribution in [0.3, 0.4) is 0 Å². The first kappa shape index (κ1) is 24.0. The second kappa shape index (κ2) is 7.96. The zero-order chi connectivity index (χ0) is 27.3. The van der Waals surface area contributed by atoms with Gasteiger partial charge in [0.1, 0.15) is 23.5 Å². The number of hydrogen-bond donors (Lipinski definition) is 3. The third-order valence-corrected chi connectivity index (χ3v) is 8.75. The van der Waals surface area contributed by atoms with Crippen LogP contribution >= 0.6 is 0 Å². The van der Waals surface area contributed by atoms with E-state index in [0.29, 0.717) is 5.70 Å². The zero-order valence-corrected chi connectivity index (χ0v) is 22.6. The number of para-hydroxylation sites is 2. The molecule has 0 radical (unpaired) electrons. The summed E-state index contributed by atoms with van der Waals surface area (Å²) in [5, 5.41) is 16.5. The van der Waals surface area contributed by atoms with Crippen LogP contribution in [0.25, 0.3) is 17.0 Å². The van der Waals surface area contributed by atoms with Gasteiger partial charge in [-0.1, -0.05) is 68.0 Å². The van der Waals surface area contributed by atoms with E-state index in [4.69, 9.17) is 0 Å². The molecule has 2 fully saturated rings. The fourth-order valence-electron chi connectivity index (χ4n) is 6.68. The third kappa shape index (κ3) is 3.26. The molecule has 0 bridgehead atoms. The predicted molar refractivity (Wildman–Crippen MR) is 151 cm³/mol.